The van der Waals surface area contributed by atoms with E-state index in [0.29, 0.717) is 11.4 Å². The molecule has 17 heavy (non-hydrogen) atoms. The number of aromatic hydroxyl groups is 1. The van der Waals surface area contributed by atoms with Crippen molar-refractivity contribution >= 4 is 17.2 Å². The third kappa shape index (κ3) is 2.82. The van der Waals surface area contributed by atoms with Crippen molar-refractivity contribution in [3.63, 3.8) is 0 Å². The van der Waals surface area contributed by atoms with Crippen LogP contribution >= 0.6 is 11.3 Å². The zero-order chi connectivity index (χ0) is 12.3. The summed E-state index contributed by atoms with van der Waals surface area (Å²) in [4.78, 5) is 16.4. The van der Waals surface area contributed by atoms with Crippen molar-refractivity contribution in [1.29, 1.82) is 0 Å². The van der Waals surface area contributed by atoms with Crippen LogP contribution in [0.2, 0.25) is 0 Å². The normalized spacial score (nSPS) is 10.2. The molecule has 2 rings (SSSR count). The number of amides is 1. The van der Waals surface area contributed by atoms with Gasteiger partial charge < -0.3 is 10.4 Å². The number of nitrogens with one attached hydrogen (secondary N) is 1. The summed E-state index contributed by atoms with van der Waals surface area (Å²) in [7, 11) is 0. The minimum absolute atomic E-state index is 0.113. The molecule has 0 bridgehead atoms. The van der Waals surface area contributed by atoms with Crippen LogP contribution in [0.3, 0.4) is 0 Å². The molecule has 1 aromatic heterocycles. The van der Waals surface area contributed by atoms with Gasteiger partial charge in [-0.25, -0.2) is 4.98 Å². The van der Waals surface area contributed by atoms with Crippen molar-refractivity contribution in [1.82, 2.24) is 10.3 Å². The first-order chi connectivity index (χ1) is 8.16. The average molecular weight is 248 g/mol. The number of carbonyl (C=O) groups is 1. The van der Waals surface area contributed by atoms with E-state index in [1.807, 2.05) is 6.92 Å². The van der Waals surface area contributed by atoms with Gasteiger partial charge in [0, 0.05) is 6.54 Å². The van der Waals surface area contributed by atoms with Gasteiger partial charge >= 0.3 is 0 Å². The van der Waals surface area contributed by atoms with Crippen molar-refractivity contribution in [2.75, 3.05) is 0 Å². The quantitative estimate of drug-likeness (QED) is 0.874. The Hall–Kier alpha value is -1.88. The number of rotatable bonds is 3. The predicted molar refractivity (Wildman–Crippen MR) is 66.1 cm³/mol. The van der Waals surface area contributed by atoms with E-state index in [1.165, 1.54) is 11.3 Å². The van der Waals surface area contributed by atoms with Crippen LogP contribution in [-0.4, -0.2) is 16.0 Å². The van der Waals surface area contributed by atoms with E-state index in [0.717, 1.165) is 11.3 Å². The predicted octanol–water partition coefficient (Wildman–Crippen LogP) is 2.09. The molecule has 0 spiro atoms. The highest BCUT2D eigenvalue weighted by Gasteiger charge is 2.10. The van der Waals surface area contributed by atoms with Gasteiger partial charge in [0.2, 0.25) is 0 Å². The van der Waals surface area contributed by atoms with E-state index < -0.39 is 0 Å². The second-order valence-electron chi connectivity index (χ2n) is 3.62. The maximum absolute atomic E-state index is 11.8. The van der Waals surface area contributed by atoms with Crippen molar-refractivity contribution in [2.45, 2.75) is 13.5 Å². The Bertz CT molecular complexity index is 520. The lowest BCUT2D eigenvalue weighted by Gasteiger charge is -2.04. The molecule has 0 aliphatic carbocycles. The summed E-state index contributed by atoms with van der Waals surface area (Å²) < 4.78 is 0. The molecule has 0 atom stereocenters. The van der Waals surface area contributed by atoms with Gasteiger partial charge in [-0.1, -0.05) is 12.1 Å². The number of thiazole rings is 1. The highest BCUT2D eigenvalue weighted by molar-refractivity contribution is 7.11. The number of benzene rings is 1. The number of aryl methyl sites for hydroxylation is 1. The van der Waals surface area contributed by atoms with E-state index >= 15 is 0 Å². The largest absolute Gasteiger partial charge is 0.508 e. The third-order valence-corrected chi connectivity index (χ3v) is 3.27. The summed E-state index contributed by atoms with van der Waals surface area (Å²) in [5, 5.41) is 11.9. The number of hydrogen-bond acceptors (Lipinski definition) is 4. The summed E-state index contributed by atoms with van der Waals surface area (Å²) in [6.45, 7) is 2.25. The van der Waals surface area contributed by atoms with Crippen LogP contribution in [0.1, 0.15) is 20.9 Å². The summed E-state index contributed by atoms with van der Waals surface area (Å²) in [6.07, 6.45) is 0. The number of aromatic nitrogens is 1. The minimum Gasteiger partial charge on any atom is -0.508 e. The summed E-state index contributed by atoms with van der Waals surface area (Å²) in [6, 6.07) is 6.74. The fourth-order valence-electron chi connectivity index (χ4n) is 1.40. The van der Waals surface area contributed by atoms with Gasteiger partial charge in [0.25, 0.3) is 5.91 Å². The maximum Gasteiger partial charge on any atom is 0.263 e. The molecule has 4 nitrogen and oxygen atoms in total. The molecule has 5 heteroatoms. The van der Waals surface area contributed by atoms with Crippen molar-refractivity contribution in [3.05, 3.63) is 45.9 Å². The van der Waals surface area contributed by atoms with Crippen molar-refractivity contribution < 1.29 is 9.90 Å². The highest BCUT2D eigenvalue weighted by Crippen LogP contribution is 2.13. The van der Waals surface area contributed by atoms with Crippen LogP contribution in [0.4, 0.5) is 0 Å². The van der Waals surface area contributed by atoms with Crippen LogP contribution in [0.15, 0.2) is 29.8 Å². The molecule has 0 aliphatic rings. The molecule has 2 aromatic rings. The fourth-order valence-corrected chi connectivity index (χ4v) is 2.11. The van der Waals surface area contributed by atoms with Crippen molar-refractivity contribution in [3.8, 4) is 5.75 Å². The third-order valence-electron chi connectivity index (χ3n) is 2.34. The van der Waals surface area contributed by atoms with Gasteiger partial charge in [0.05, 0.1) is 11.2 Å². The van der Waals surface area contributed by atoms with Gasteiger partial charge in [-0.2, -0.15) is 0 Å². The molecule has 0 radical (unpaired) electrons. The van der Waals surface area contributed by atoms with E-state index in [4.69, 9.17) is 5.11 Å². The van der Waals surface area contributed by atoms with Gasteiger partial charge in [-0.05, 0) is 24.6 Å². The Balaban J connectivity index is 1.97. The van der Waals surface area contributed by atoms with Gasteiger partial charge in [-0.3, -0.25) is 4.79 Å². The Morgan fingerprint density at radius 1 is 1.41 bits per heavy atom. The monoisotopic (exact) mass is 248 g/mol. The van der Waals surface area contributed by atoms with Gasteiger partial charge in [-0.15, -0.1) is 11.3 Å². The molecule has 88 valence electrons. The highest BCUT2D eigenvalue weighted by atomic mass is 32.1. The fraction of sp³-hybridized carbons (Fsp3) is 0.167. The number of hydrogen-bond donors (Lipinski definition) is 2. The van der Waals surface area contributed by atoms with E-state index in [-0.39, 0.29) is 11.7 Å². The first-order valence-corrected chi connectivity index (χ1v) is 6.01. The Labute approximate surface area is 103 Å². The summed E-state index contributed by atoms with van der Waals surface area (Å²) in [5.74, 6) is 0.108. The van der Waals surface area contributed by atoms with Crippen LogP contribution in [0.5, 0.6) is 5.75 Å². The topological polar surface area (TPSA) is 62.2 Å². The molecule has 0 unspecified atom stereocenters. The van der Waals surface area contributed by atoms with Gasteiger partial charge in [0.1, 0.15) is 10.6 Å². The van der Waals surface area contributed by atoms with Crippen LogP contribution in [0.25, 0.3) is 0 Å². The lowest BCUT2D eigenvalue weighted by Crippen LogP contribution is -2.22. The molecule has 0 saturated carbocycles. The number of nitrogens with zero attached hydrogens (tertiary/aromatic N) is 1. The second kappa shape index (κ2) is 4.97. The maximum atomic E-state index is 11.8. The molecule has 1 aromatic carbocycles. The van der Waals surface area contributed by atoms with Gasteiger partial charge in [0.15, 0.2) is 0 Å². The standard InChI is InChI=1S/C12H12N2O2S/c1-8-11(17-7-14-8)12(16)13-6-9-2-4-10(15)5-3-9/h2-5,7,15H,6H2,1H3,(H,13,16). The summed E-state index contributed by atoms with van der Waals surface area (Å²) in [5.41, 5.74) is 3.35. The number of phenolic OH excluding ortho intramolecular Hbond substituents is 1. The minimum atomic E-state index is -0.113. The SMILES string of the molecule is Cc1ncsc1C(=O)NCc1ccc(O)cc1. The molecule has 0 fully saturated rings. The zero-order valence-electron chi connectivity index (χ0n) is 9.30. The van der Waals surface area contributed by atoms with Crippen LogP contribution < -0.4 is 5.32 Å². The molecular weight excluding hydrogens is 236 g/mol. The molecule has 2 N–H and O–H groups in total. The number of phenols is 1. The van der Waals surface area contributed by atoms with E-state index in [9.17, 15) is 4.79 Å². The van der Waals surface area contributed by atoms with E-state index in [1.54, 1.807) is 29.8 Å². The zero-order valence-corrected chi connectivity index (χ0v) is 10.1. The molecule has 0 aliphatic heterocycles. The Morgan fingerprint density at radius 3 is 2.71 bits per heavy atom. The average Bonchev–Trinajstić information content (AvgIpc) is 2.74. The lowest BCUT2D eigenvalue weighted by atomic mass is 10.2. The van der Waals surface area contributed by atoms with Crippen molar-refractivity contribution in [2.24, 2.45) is 0 Å². The molecule has 1 amide bonds. The molecular formula is C12H12N2O2S. The van der Waals surface area contributed by atoms with E-state index in [2.05, 4.69) is 10.3 Å². The second-order valence-corrected chi connectivity index (χ2v) is 4.47. The summed E-state index contributed by atoms with van der Waals surface area (Å²) >= 11 is 1.33. The number of carbonyl (C=O) groups excluding carboxylic acids is 1. The first kappa shape index (κ1) is 11.6. The Kier molecular flexibility index (Phi) is 3.39. The first-order valence-electron chi connectivity index (χ1n) is 5.13. The lowest BCUT2D eigenvalue weighted by molar-refractivity contribution is 0.0954. The molecule has 0 saturated heterocycles. The Morgan fingerprint density at radius 2 is 2.12 bits per heavy atom. The molecule has 1 heterocycles. The van der Waals surface area contributed by atoms with Crippen LogP contribution in [-0.2, 0) is 6.54 Å². The van der Waals surface area contributed by atoms with Crippen LogP contribution in [0, 0.1) is 6.92 Å². The smallest absolute Gasteiger partial charge is 0.263 e.